The van der Waals surface area contributed by atoms with Gasteiger partial charge in [-0.15, -0.1) is 0 Å². The smallest absolute Gasteiger partial charge is 0.436 e. The predicted octanol–water partition coefficient (Wildman–Crippen LogP) is 1.53. The van der Waals surface area contributed by atoms with E-state index in [1.54, 1.807) is 6.92 Å². The summed E-state index contributed by atoms with van der Waals surface area (Å²) in [5, 5.41) is 13.3. The number of amides is 1. The van der Waals surface area contributed by atoms with Crippen molar-refractivity contribution < 1.29 is 22.7 Å². The van der Waals surface area contributed by atoms with Crippen molar-refractivity contribution in [1.29, 1.82) is 0 Å². The summed E-state index contributed by atoms with van der Waals surface area (Å²) in [4.78, 5) is 27.0. The minimum Gasteiger partial charge on any atom is -0.476 e. The number of nitrogens with two attached hydrogens (primary N) is 1. The molecule has 2 heterocycles. The van der Waals surface area contributed by atoms with Gasteiger partial charge in [-0.3, -0.25) is 0 Å². The highest BCUT2D eigenvalue weighted by Gasteiger charge is 2.14. The minimum absolute atomic E-state index is 0.0646. The van der Waals surface area contributed by atoms with Crippen molar-refractivity contribution in [2.75, 3.05) is 13.7 Å². The predicted molar refractivity (Wildman–Crippen MR) is 99.0 cm³/mol. The summed E-state index contributed by atoms with van der Waals surface area (Å²) in [6.45, 7) is 2.17. The largest absolute Gasteiger partial charge is 0.476 e. The van der Waals surface area contributed by atoms with Crippen molar-refractivity contribution >= 4 is 33.2 Å². The minimum atomic E-state index is -3.84. The average Bonchev–Trinajstić information content (AvgIpc) is 3.15. The van der Waals surface area contributed by atoms with Crippen molar-refractivity contribution in [2.24, 2.45) is 15.5 Å². The van der Waals surface area contributed by atoms with Crippen LogP contribution in [0.2, 0.25) is 0 Å². The summed E-state index contributed by atoms with van der Waals surface area (Å²) >= 11 is 0. The number of aromatic nitrogens is 4. The summed E-state index contributed by atoms with van der Waals surface area (Å²) in [6, 6.07) is 4.99. The van der Waals surface area contributed by atoms with Crippen molar-refractivity contribution in [1.82, 2.24) is 24.9 Å². The van der Waals surface area contributed by atoms with E-state index in [9.17, 15) is 13.2 Å². The van der Waals surface area contributed by atoms with E-state index < -0.39 is 16.1 Å². The first-order chi connectivity index (χ1) is 13.8. The first-order valence-corrected chi connectivity index (χ1v) is 9.66. The molecule has 152 valence electrons. The Hall–Kier alpha value is -3.65. The van der Waals surface area contributed by atoms with E-state index in [0.717, 1.165) is 5.01 Å². The molecule has 1 aromatic carbocycles. The number of H-pyrrole nitrogens is 1. The fourth-order valence-electron chi connectivity index (χ4n) is 2.09. The Kier molecular flexibility index (Phi) is 5.65. The topological polar surface area (TPSA) is 178 Å². The molecule has 0 aliphatic heterocycles. The summed E-state index contributed by atoms with van der Waals surface area (Å²) in [5.74, 6) is 0.284. The maximum absolute atomic E-state index is 12.1. The fraction of sp³-hybridized carbons (Fsp3) is 0.200. The number of carbonyl (C=O) groups is 1. The zero-order valence-electron chi connectivity index (χ0n) is 15.3. The lowest BCUT2D eigenvalue weighted by Gasteiger charge is -2.10. The number of ether oxygens (including phenoxy) is 2. The molecule has 2 aromatic heterocycles. The van der Waals surface area contributed by atoms with Gasteiger partial charge in [0.1, 0.15) is 11.3 Å². The molecule has 13 nitrogen and oxygen atoms in total. The number of nitrogens with zero attached hydrogens (tertiary/aromatic N) is 6. The van der Waals surface area contributed by atoms with E-state index in [4.69, 9.17) is 14.6 Å². The van der Waals surface area contributed by atoms with E-state index in [-0.39, 0.29) is 22.5 Å². The Morgan fingerprint density at radius 3 is 2.66 bits per heavy atom. The van der Waals surface area contributed by atoms with Crippen molar-refractivity contribution in [3.63, 3.8) is 0 Å². The highest BCUT2D eigenvalue weighted by atomic mass is 32.2. The Bertz CT molecular complexity index is 1160. The number of aromatic amines is 1. The average molecular weight is 420 g/mol. The lowest BCUT2D eigenvalue weighted by Crippen LogP contribution is -2.24. The van der Waals surface area contributed by atoms with Gasteiger partial charge in [0.15, 0.2) is 5.65 Å². The summed E-state index contributed by atoms with van der Waals surface area (Å²) in [7, 11) is -2.53. The third kappa shape index (κ3) is 4.80. The van der Waals surface area contributed by atoms with Crippen molar-refractivity contribution in [3.05, 3.63) is 30.6 Å². The fourth-order valence-corrected chi connectivity index (χ4v) is 2.60. The molecule has 0 fully saturated rings. The van der Waals surface area contributed by atoms with Crippen LogP contribution in [0.1, 0.15) is 6.92 Å². The normalized spacial score (nSPS) is 11.7. The van der Waals surface area contributed by atoms with Crippen molar-refractivity contribution in [2.45, 2.75) is 11.8 Å². The van der Waals surface area contributed by atoms with Gasteiger partial charge in [-0.2, -0.15) is 15.0 Å². The number of imidazole rings is 1. The zero-order chi connectivity index (χ0) is 21.0. The highest BCUT2D eigenvalue weighted by Crippen LogP contribution is 2.22. The van der Waals surface area contributed by atoms with Gasteiger partial charge in [0.05, 0.1) is 17.8 Å². The molecule has 0 unspecified atom stereocenters. The Labute approximate surface area is 164 Å². The Morgan fingerprint density at radius 1 is 1.28 bits per heavy atom. The summed E-state index contributed by atoms with van der Waals surface area (Å²) < 4.78 is 32.9. The van der Waals surface area contributed by atoms with Crippen LogP contribution in [0.4, 0.5) is 10.7 Å². The third-order valence-electron chi connectivity index (χ3n) is 3.41. The number of rotatable bonds is 6. The van der Waals surface area contributed by atoms with E-state index >= 15 is 0 Å². The van der Waals surface area contributed by atoms with Crippen LogP contribution in [0.3, 0.4) is 0 Å². The molecular formula is C15H16N8O5S. The summed E-state index contributed by atoms with van der Waals surface area (Å²) in [6.07, 6.45) is 0.566. The van der Waals surface area contributed by atoms with Gasteiger partial charge in [-0.25, -0.2) is 23.3 Å². The lowest BCUT2D eigenvalue weighted by molar-refractivity contribution is 0.161. The zero-order valence-corrected chi connectivity index (χ0v) is 16.1. The van der Waals surface area contributed by atoms with Crippen LogP contribution in [-0.2, 0) is 10.0 Å². The van der Waals surface area contributed by atoms with Gasteiger partial charge in [0.2, 0.25) is 15.9 Å². The molecule has 29 heavy (non-hydrogen) atoms. The first-order valence-electron chi connectivity index (χ1n) is 8.12. The SMILES string of the molecule is CCOc1nc(N=NN(C)C(=O)Oc2ccc(S(N)(=O)=O)cc2)nc2nc[nH]c12. The monoisotopic (exact) mass is 420 g/mol. The number of carbonyl (C=O) groups excluding carboxylic acids is 1. The molecule has 1 amide bonds. The molecule has 0 aliphatic rings. The third-order valence-corrected chi connectivity index (χ3v) is 4.34. The first kappa shape index (κ1) is 20.1. The second kappa shape index (κ2) is 8.15. The highest BCUT2D eigenvalue weighted by molar-refractivity contribution is 7.89. The molecule has 3 N–H and O–H groups in total. The van der Waals surface area contributed by atoms with Gasteiger partial charge < -0.3 is 14.5 Å². The molecular weight excluding hydrogens is 404 g/mol. The van der Waals surface area contributed by atoms with E-state index in [1.807, 2.05) is 0 Å². The number of hydrogen-bond donors (Lipinski definition) is 2. The molecule has 0 atom stereocenters. The number of nitrogens with one attached hydrogen (secondary N) is 1. The molecule has 0 bridgehead atoms. The van der Waals surface area contributed by atoms with Gasteiger partial charge in [-0.1, -0.05) is 10.3 Å². The number of hydrogen-bond acceptors (Lipinski definition) is 10. The molecule has 0 saturated heterocycles. The van der Waals surface area contributed by atoms with Gasteiger partial charge >= 0.3 is 6.09 Å². The van der Waals surface area contributed by atoms with Crippen molar-refractivity contribution in [3.8, 4) is 11.6 Å². The second-order valence-corrected chi connectivity index (χ2v) is 7.02. The Balaban J connectivity index is 1.70. The maximum atomic E-state index is 12.1. The van der Waals surface area contributed by atoms with E-state index in [1.165, 1.54) is 37.6 Å². The molecule has 0 spiro atoms. The number of benzene rings is 1. The standard InChI is InChI=1S/C15H16N8O5S/c1-3-27-13-11-12(18-8-17-11)19-14(20-13)21-22-23(2)15(24)28-9-4-6-10(7-5-9)29(16,25)26/h4-8H,3H2,1-2H3,(H2,16,25,26)(H,17,18,19,20). The van der Waals surface area contributed by atoms with Crippen LogP contribution < -0.4 is 14.6 Å². The van der Waals surface area contributed by atoms with Crippen LogP contribution in [0.15, 0.2) is 45.8 Å². The molecule has 0 saturated carbocycles. The van der Waals surface area contributed by atoms with E-state index in [2.05, 4.69) is 30.3 Å². The lowest BCUT2D eigenvalue weighted by atomic mass is 10.3. The van der Waals surface area contributed by atoms with Crippen LogP contribution in [0.5, 0.6) is 11.6 Å². The van der Waals surface area contributed by atoms with Gasteiger partial charge in [0.25, 0.3) is 5.95 Å². The van der Waals surface area contributed by atoms with Crippen LogP contribution in [0.25, 0.3) is 11.2 Å². The quantitative estimate of drug-likeness (QED) is 0.445. The van der Waals surface area contributed by atoms with Gasteiger partial charge in [-0.05, 0) is 31.2 Å². The molecule has 0 aliphatic carbocycles. The second-order valence-electron chi connectivity index (χ2n) is 5.46. The number of fused-ring (bicyclic) bond motifs is 1. The molecule has 3 rings (SSSR count). The van der Waals surface area contributed by atoms with Gasteiger partial charge in [0, 0.05) is 7.05 Å². The number of primary sulfonamides is 1. The summed E-state index contributed by atoms with van der Waals surface area (Å²) in [5.41, 5.74) is 0.846. The Morgan fingerprint density at radius 2 is 2.00 bits per heavy atom. The van der Waals surface area contributed by atoms with Crippen LogP contribution >= 0.6 is 0 Å². The van der Waals surface area contributed by atoms with Crippen LogP contribution in [-0.4, -0.2) is 53.1 Å². The number of sulfonamides is 1. The molecule has 3 aromatic rings. The molecule has 0 radical (unpaired) electrons. The maximum Gasteiger partial charge on any atom is 0.436 e. The van der Waals surface area contributed by atoms with E-state index in [0.29, 0.717) is 17.8 Å². The molecule has 14 heteroatoms. The van der Waals surface area contributed by atoms with Crippen LogP contribution in [0, 0.1) is 0 Å².